The number of ether oxygens (including phenoxy) is 2. The third kappa shape index (κ3) is 6.13. The maximum atomic E-state index is 14.2. The number of benzene rings is 3. The number of nitrogens with zero attached hydrogens (tertiary/aromatic N) is 1. The third-order valence-electron chi connectivity index (χ3n) is 7.24. The van der Waals surface area contributed by atoms with Crippen LogP contribution in [0, 0.1) is 6.92 Å². The fraction of sp³-hybridized carbons (Fsp3) is 0.355. The van der Waals surface area contributed by atoms with Gasteiger partial charge in [-0.1, -0.05) is 79.4 Å². The Morgan fingerprint density at radius 1 is 0.865 bits per heavy atom. The molecule has 37 heavy (non-hydrogen) atoms. The van der Waals surface area contributed by atoms with Crippen LogP contribution in [0.25, 0.3) is 0 Å². The highest BCUT2D eigenvalue weighted by atomic mass is 16.5. The van der Waals surface area contributed by atoms with E-state index >= 15 is 0 Å². The summed E-state index contributed by atoms with van der Waals surface area (Å²) < 4.78 is 10.8. The minimum absolute atomic E-state index is 0.0504. The summed E-state index contributed by atoms with van der Waals surface area (Å²) in [6, 6.07) is 23.2. The van der Waals surface area contributed by atoms with Crippen molar-refractivity contribution in [2.45, 2.75) is 57.5 Å². The van der Waals surface area contributed by atoms with Crippen LogP contribution >= 0.6 is 0 Å². The van der Waals surface area contributed by atoms with Gasteiger partial charge in [-0.05, 0) is 43.0 Å². The van der Waals surface area contributed by atoms with Gasteiger partial charge in [-0.25, -0.2) is 0 Å². The second-order valence-corrected chi connectivity index (χ2v) is 9.74. The molecule has 0 bridgehead atoms. The summed E-state index contributed by atoms with van der Waals surface area (Å²) >= 11 is 0. The highest BCUT2D eigenvalue weighted by Gasteiger charge is 2.47. The molecule has 0 saturated heterocycles. The van der Waals surface area contributed by atoms with Crippen molar-refractivity contribution in [3.05, 3.63) is 89.5 Å². The van der Waals surface area contributed by atoms with Crippen molar-refractivity contribution in [3.8, 4) is 11.5 Å². The molecule has 0 aliphatic heterocycles. The molecule has 6 heteroatoms. The van der Waals surface area contributed by atoms with Crippen molar-refractivity contribution < 1.29 is 19.1 Å². The van der Waals surface area contributed by atoms with E-state index in [1.54, 1.807) is 32.4 Å². The minimum atomic E-state index is -0.958. The third-order valence-corrected chi connectivity index (χ3v) is 7.24. The van der Waals surface area contributed by atoms with Crippen LogP contribution < -0.4 is 14.8 Å². The number of rotatable bonds is 9. The Morgan fingerprint density at radius 2 is 1.57 bits per heavy atom. The number of carbonyl (C=O) groups excluding carboxylic acids is 2. The fourth-order valence-electron chi connectivity index (χ4n) is 5.12. The van der Waals surface area contributed by atoms with Gasteiger partial charge in [0.2, 0.25) is 11.8 Å². The molecular formula is C31H36N2O4. The number of hydrogen-bond donors (Lipinski definition) is 1. The summed E-state index contributed by atoms with van der Waals surface area (Å²) in [7, 11) is 3.15. The van der Waals surface area contributed by atoms with Crippen molar-refractivity contribution in [2.24, 2.45) is 0 Å². The van der Waals surface area contributed by atoms with E-state index in [0.717, 1.165) is 36.0 Å². The van der Waals surface area contributed by atoms with Crippen LogP contribution in [0.2, 0.25) is 0 Å². The first-order valence-electron chi connectivity index (χ1n) is 12.9. The monoisotopic (exact) mass is 500 g/mol. The Bertz CT molecular complexity index is 1200. The zero-order valence-corrected chi connectivity index (χ0v) is 22.0. The molecule has 4 rings (SSSR count). The Hall–Kier alpha value is -3.80. The van der Waals surface area contributed by atoms with Gasteiger partial charge in [0.25, 0.3) is 0 Å². The molecule has 1 aliphatic carbocycles. The molecule has 1 saturated carbocycles. The average Bonchev–Trinajstić information content (AvgIpc) is 2.93. The first kappa shape index (κ1) is 26.3. The van der Waals surface area contributed by atoms with E-state index in [9.17, 15) is 9.59 Å². The predicted molar refractivity (Wildman–Crippen MR) is 146 cm³/mol. The van der Waals surface area contributed by atoms with E-state index in [-0.39, 0.29) is 18.2 Å². The van der Waals surface area contributed by atoms with Gasteiger partial charge < -0.3 is 19.7 Å². The molecule has 2 amide bonds. The van der Waals surface area contributed by atoms with Gasteiger partial charge in [0.05, 0.1) is 26.3 Å². The van der Waals surface area contributed by atoms with Gasteiger partial charge in [0.15, 0.2) is 0 Å². The van der Waals surface area contributed by atoms with Crippen LogP contribution in [0.3, 0.4) is 0 Å². The molecule has 3 aromatic rings. The lowest BCUT2D eigenvalue weighted by Crippen LogP contribution is -2.60. The van der Waals surface area contributed by atoms with Gasteiger partial charge >= 0.3 is 0 Å². The molecule has 194 valence electrons. The normalized spacial score (nSPS) is 14.5. The number of hydrogen-bond acceptors (Lipinski definition) is 4. The van der Waals surface area contributed by atoms with Gasteiger partial charge in [0, 0.05) is 12.6 Å². The van der Waals surface area contributed by atoms with E-state index in [1.165, 1.54) is 0 Å². The van der Waals surface area contributed by atoms with Gasteiger partial charge in [-0.3, -0.25) is 9.59 Å². The Labute approximate surface area is 219 Å². The van der Waals surface area contributed by atoms with E-state index in [0.29, 0.717) is 36.6 Å². The second kappa shape index (κ2) is 12.0. The summed E-state index contributed by atoms with van der Waals surface area (Å²) in [5.74, 6) is 0.926. The van der Waals surface area contributed by atoms with Crippen LogP contribution in [0.4, 0.5) is 5.69 Å². The molecule has 0 unspecified atom stereocenters. The molecule has 1 aliphatic rings. The Morgan fingerprint density at radius 3 is 2.22 bits per heavy atom. The van der Waals surface area contributed by atoms with Crippen LogP contribution in [0.15, 0.2) is 72.8 Å². The lowest BCUT2D eigenvalue weighted by molar-refractivity contribution is -0.148. The summed E-state index contributed by atoms with van der Waals surface area (Å²) in [5, 5.41) is 3.10. The quantitative estimate of drug-likeness (QED) is 0.396. The average molecular weight is 501 g/mol. The number of anilines is 1. The van der Waals surface area contributed by atoms with Gasteiger partial charge in [0.1, 0.15) is 17.0 Å². The molecule has 0 heterocycles. The first-order valence-corrected chi connectivity index (χ1v) is 12.9. The number of amides is 2. The van der Waals surface area contributed by atoms with Crippen molar-refractivity contribution in [2.75, 3.05) is 19.5 Å². The fourth-order valence-corrected chi connectivity index (χ4v) is 5.12. The van der Waals surface area contributed by atoms with E-state index in [2.05, 4.69) is 5.32 Å². The van der Waals surface area contributed by atoms with Crippen molar-refractivity contribution in [1.82, 2.24) is 4.90 Å². The Balaban J connectivity index is 1.71. The smallest absolute Gasteiger partial charge is 0.250 e. The maximum absolute atomic E-state index is 14.2. The minimum Gasteiger partial charge on any atom is -0.497 e. The topological polar surface area (TPSA) is 67.9 Å². The van der Waals surface area contributed by atoms with Crippen LogP contribution in [0.1, 0.15) is 48.8 Å². The van der Waals surface area contributed by atoms with Crippen molar-refractivity contribution in [3.63, 3.8) is 0 Å². The van der Waals surface area contributed by atoms with E-state index in [1.807, 2.05) is 66.4 Å². The summed E-state index contributed by atoms with van der Waals surface area (Å²) in [5.41, 5.74) is 2.70. The van der Waals surface area contributed by atoms with Crippen LogP contribution in [0.5, 0.6) is 11.5 Å². The van der Waals surface area contributed by atoms with Gasteiger partial charge in [-0.2, -0.15) is 0 Å². The summed E-state index contributed by atoms with van der Waals surface area (Å²) in [6.45, 7) is 2.42. The number of nitrogens with one attached hydrogen (secondary N) is 1. The molecule has 1 fully saturated rings. The maximum Gasteiger partial charge on any atom is 0.250 e. The zero-order chi connectivity index (χ0) is 26.3. The standard InChI is InChI=1S/C31H36N2O4/c1-23-12-14-25(15-13-23)22-33(29(34)20-24-10-6-4-7-11-24)31(18-8-5-9-19-31)30(35)32-27-17-16-26(36-2)21-28(27)37-3/h4,6-7,10-17,21H,5,8-9,18-20,22H2,1-3H3,(H,32,35). The molecular weight excluding hydrogens is 464 g/mol. The first-order chi connectivity index (χ1) is 17.9. The Kier molecular flexibility index (Phi) is 8.49. The lowest BCUT2D eigenvalue weighted by Gasteiger charge is -2.45. The van der Waals surface area contributed by atoms with Crippen LogP contribution in [-0.2, 0) is 22.6 Å². The highest BCUT2D eigenvalue weighted by molar-refractivity contribution is 6.01. The number of carbonyl (C=O) groups is 2. The molecule has 0 atom stereocenters. The predicted octanol–water partition coefficient (Wildman–Crippen LogP) is 5.93. The summed E-state index contributed by atoms with van der Waals surface area (Å²) in [4.78, 5) is 29.9. The second-order valence-electron chi connectivity index (χ2n) is 9.74. The summed E-state index contributed by atoms with van der Waals surface area (Å²) in [6.07, 6.45) is 4.29. The largest absolute Gasteiger partial charge is 0.497 e. The van der Waals surface area contributed by atoms with Crippen LogP contribution in [-0.4, -0.2) is 36.5 Å². The van der Waals surface area contributed by atoms with Crippen molar-refractivity contribution in [1.29, 1.82) is 0 Å². The number of aryl methyl sites for hydroxylation is 1. The van der Waals surface area contributed by atoms with E-state index < -0.39 is 5.54 Å². The molecule has 3 aromatic carbocycles. The molecule has 0 spiro atoms. The highest BCUT2D eigenvalue weighted by Crippen LogP contribution is 2.38. The molecule has 0 radical (unpaired) electrons. The zero-order valence-electron chi connectivity index (χ0n) is 22.0. The lowest BCUT2D eigenvalue weighted by atomic mass is 9.78. The molecule has 0 aromatic heterocycles. The van der Waals surface area contributed by atoms with Crippen molar-refractivity contribution >= 4 is 17.5 Å². The van der Waals surface area contributed by atoms with Gasteiger partial charge in [-0.15, -0.1) is 0 Å². The molecule has 6 nitrogen and oxygen atoms in total. The molecule has 1 N–H and O–H groups in total. The van der Waals surface area contributed by atoms with E-state index in [4.69, 9.17) is 9.47 Å². The SMILES string of the molecule is COc1ccc(NC(=O)C2(N(Cc3ccc(C)cc3)C(=O)Cc3ccccc3)CCCCC2)c(OC)c1. The number of methoxy groups -OCH3 is 2.